The van der Waals surface area contributed by atoms with E-state index in [0.717, 1.165) is 16.7 Å². The molecule has 0 aliphatic carbocycles. The van der Waals surface area contributed by atoms with Gasteiger partial charge in [0.05, 0.1) is 5.52 Å². The molecule has 2 aromatic heterocycles. The van der Waals surface area contributed by atoms with E-state index in [4.69, 9.17) is 9.26 Å². The smallest absolute Gasteiger partial charge is 0.248 e. The summed E-state index contributed by atoms with van der Waals surface area (Å²) >= 11 is 0. The van der Waals surface area contributed by atoms with E-state index >= 15 is 0 Å². The van der Waals surface area contributed by atoms with Crippen LogP contribution < -0.4 is 4.74 Å². The number of aromatic nitrogens is 2. The SMILES string of the molecule is Cc1noc(C)c1S(=O)(=O)N1CCC(Oc2cccc3c2ccn3C)CC1. The molecule has 0 N–H and O–H groups in total. The molecule has 8 heteroatoms. The average molecular weight is 389 g/mol. The Morgan fingerprint density at radius 2 is 1.93 bits per heavy atom. The van der Waals surface area contributed by atoms with Crippen LogP contribution in [0.5, 0.6) is 5.75 Å². The number of sulfonamides is 1. The van der Waals surface area contributed by atoms with Crippen LogP contribution in [0, 0.1) is 13.8 Å². The molecule has 1 aliphatic rings. The lowest BCUT2D eigenvalue weighted by molar-refractivity contribution is 0.137. The topological polar surface area (TPSA) is 77.6 Å². The number of hydrogen-bond acceptors (Lipinski definition) is 5. The lowest BCUT2D eigenvalue weighted by Gasteiger charge is -2.31. The summed E-state index contributed by atoms with van der Waals surface area (Å²) in [6, 6.07) is 8.05. The van der Waals surface area contributed by atoms with E-state index < -0.39 is 10.0 Å². The van der Waals surface area contributed by atoms with Crippen LogP contribution >= 0.6 is 0 Å². The molecule has 0 bridgehead atoms. The Balaban J connectivity index is 1.48. The number of hydrogen-bond donors (Lipinski definition) is 0. The number of ether oxygens (including phenoxy) is 1. The second-order valence-electron chi connectivity index (χ2n) is 6.99. The van der Waals surface area contributed by atoms with Gasteiger partial charge in [-0.25, -0.2) is 8.42 Å². The molecule has 0 saturated carbocycles. The molecule has 1 aliphatic heterocycles. The Morgan fingerprint density at radius 3 is 2.59 bits per heavy atom. The number of benzene rings is 1. The fourth-order valence-corrected chi connectivity index (χ4v) is 5.48. The zero-order valence-corrected chi connectivity index (χ0v) is 16.5. The van der Waals surface area contributed by atoms with Crippen molar-refractivity contribution in [2.75, 3.05) is 13.1 Å². The van der Waals surface area contributed by atoms with Gasteiger partial charge < -0.3 is 13.8 Å². The minimum absolute atomic E-state index is 0.00748. The second-order valence-corrected chi connectivity index (χ2v) is 8.86. The highest BCUT2D eigenvalue weighted by molar-refractivity contribution is 7.89. The molecule has 1 fully saturated rings. The average Bonchev–Trinajstić information content (AvgIpc) is 3.19. The van der Waals surface area contributed by atoms with Crippen LogP contribution in [-0.2, 0) is 17.1 Å². The van der Waals surface area contributed by atoms with E-state index in [1.54, 1.807) is 13.8 Å². The molecule has 1 aromatic carbocycles. The van der Waals surface area contributed by atoms with Crippen molar-refractivity contribution in [1.29, 1.82) is 0 Å². The van der Waals surface area contributed by atoms with Crippen molar-refractivity contribution in [2.24, 2.45) is 7.05 Å². The molecule has 144 valence electrons. The molecular weight excluding hydrogens is 366 g/mol. The quantitative estimate of drug-likeness (QED) is 0.685. The normalized spacial score (nSPS) is 16.9. The Hall–Kier alpha value is -2.32. The summed E-state index contributed by atoms with van der Waals surface area (Å²) in [5, 5.41) is 4.85. The Kier molecular flexibility index (Phi) is 4.47. The van der Waals surface area contributed by atoms with Crippen molar-refractivity contribution in [3.63, 3.8) is 0 Å². The Bertz CT molecular complexity index is 1060. The van der Waals surface area contributed by atoms with Gasteiger partial charge in [0, 0.05) is 31.7 Å². The van der Waals surface area contributed by atoms with E-state index in [1.165, 1.54) is 4.31 Å². The first-order valence-corrected chi connectivity index (χ1v) is 10.5. The summed E-state index contributed by atoms with van der Waals surface area (Å²) in [4.78, 5) is 0.191. The molecule has 0 unspecified atom stereocenters. The van der Waals surface area contributed by atoms with Crippen molar-refractivity contribution in [2.45, 2.75) is 37.7 Å². The lowest BCUT2D eigenvalue weighted by atomic mass is 10.1. The van der Waals surface area contributed by atoms with E-state index in [2.05, 4.69) is 15.8 Å². The molecule has 0 atom stereocenters. The molecule has 3 aromatic rings. The van der Waals surface area contributed by atoms with Gasteiger partial charge in [-0.05, 0) is 44.9 Å². The number of fused-ring (bicyclic) bond motifs is 1. The number of aryl methyl sites for hydroxylation is 3. The molecule has 4 rings (SSSR count). The number of rotatable bonds is 4. The van der Waals surface area contributed by atoms with Crippen LogP contribution in [0.15, 0.2) is 39.9 Å². The van der Waals surface area contributed by atoms with Crippen molar-refractivity contribution < 1.29 is 17.7 Å². The van der Waals surface area contributed by atoms with Gasteiger partial charge in [0.1, 0.15) is 22.4 Å². The highest BCUT2D eigenvalue weighted by Gasteiger charge is 2.34. The monoisotopic (exact) mass is 389 g/mol. The van der Waals surface area contributed by atoms with Crippen molar-refractivity contribution in [3.05, 3.63) is 41.9 Å². The van der Waals surface area contributed by atoms with E-state index in [0.29, 0.717) is 37.4 Å². The maximum absolute atomic E-state index is 12.9. The first-order chi connectivity index (χ1) is 12.9. The fourth-order valence-electron chi connectivity index (χ4n) is 3.72. The Labute approximate surface area is 158 Å². The molecule has 1 saturated heterocycles. The third kappa shape index (κ3) is 3.12. The van der Waals surface area contributed by atoms with Crippen LogP contribution in [0.3, 0.4) is 0 Å². The third-order valence-corrected chi connectivity index (χ3v) is 7.29. The lowest BCUT2D eigenvalue weighted by Crippen LogP contribution is -2.42. The molecular formula is C19H23N3O4S. The molecule has 27 heavy (non-hydrogen) atoms. The second kappa shape index (κ2) is 6.69. The maximum atomic E-state index is 12.9. The Morgan fingerprint density at radius 1 is 1.19 bits per heavy atom. The van der Waals surface area contributed by atoms with Gasteiger partial charge in [-0.2, -0.15) is 4.31 Å². The largest absolute Gasteiger partial charge is 0.490 e. The highest BCUT2D eigenvalue weighted by atomic mass is 32.2. The van der Waals surface area contributed by atoms with Gasteiger partial charge in [0.25, 0.3) is 0 Å². The first-order valence-electron chi connectivity index (χ1n) is 9.01. The zero-order chi connectivity index (χ0) is 19.2. The maximum Gasteiger partial charge on any atom is 0.248 e. The zero-order valence-electron chi connectivity index (χ0n) is 15.7. The molecule has 0 amide bonds. The first kappa shape index (κ1) is 18.1. The van der Waals surface area contributed by atoms with Gasteiger partial charge in [0.2, 0.25) is 10.0 Å². The van der Waals surface area contributed by atoms with Crippen LogP contribution in [0.1, 0.15) is 24.3 Å². The third-order valence-electron chi connectivity index (χ3n) is 5.15. The predicted octanol–water partition coefficient (Wildman–Crippen LogP) is 3.02. The molecule has 0 spiro atoms. The molecule has 7 nitrogen and oxygen atoms in total. The fraction of sp³-hybridized carbons (Fsp3) is 0.421. The standard InChI is InChI=1S/C19H23N3O4S/c1-13-19(14(2)26-20-13)27(23,24)22-11-7-15(8-12-22)25-18-6-4-5-17-16(18)9-10-21(17)3/h4-6,9-10,15H,7-8,11-12H2,1-3H3. The summed E-state index contributed by atoms with van der Waals surface area (Å²) in [6.07, 6.45) is 3.29. The molecule has 0 radical (unpaired) electrons. The van der Waals surface area contributed by atoms with E-state index in [1.807, 2.05) is 31.4 Å². The van der Waals surface area contributed by atoms with E-state index in [-0.39, 0.29) is 11.0 Å². The van der Waals surface area contributed by atoms with Crippen molar-refractivity contribution in [1.82, 2.24) is 14.0 Å². The molecule has 3 heterocycles. The minimum atomic E-state index is -3.59. The minimum Gasteiger partial charge on any atom is -0.490 e. The van der Waals surface area contributed by atoms with Crippen LogP contribution in [-0.4, -0.2) is 41.6 Å². The summed E-state index contributed by atoms with van der Waals surface area (Å²) in [7, 11) is -1.59. The van der Waals surface area contributed by atoms with Crippen molar-refractivity contribution in [3.8, 4) is 5.75 Å². The number of piperidine rings is 1. The summed E-state index contributed by atoms with van der Waals surface area (Å²) < 4.78 is 40.6. The summed E-state index contributed by atoms with van der Waals surface area (Å²) in [6.45, 7) is 4.12. The van der Waals surface area contributed by atoms with E-state index in [9.17, 15) is 8.42 Å². The van der Waals surface area contributed by atoms with Crippen LogP contribution in [0.4, 0.5) is 0 Å². The van der Waals surface area contributed by atoms with Crippen LogP contribution in [0.25, 0.3) is 10.9 Å². The van der Waals surface area contributed by atoms with Gasteiger partial charge in [-0.1, -0.05) is 11.2 Å². The summed E-state index contributed by atoms with van der Waals surface area (Å²) in [5.41, 5.74) is 1.52. The van der Waals surface area contributed by atoms with Crippen molar-refractivity contribution >= 4 is 20.9 Å². The van der Waals surface area contributed by atoms with Crippen LogP contribution in [0.2, 0.25) is 0 Å². The highest BCUT2D eigenvalue weighted by Crippen LogP contribution is 2.30. The van der Waals surface area contributed by atoms with Gasteiger partial charge >= 0.3 is 0 Å². The van der Waals surface area contributed by atoms with Gasteiger partial charge in [0.15, 0.2) is 5.76 Å². The van der Waals surface area contributed by atoms with Gasteiger partial charge in [-0.3, -0.25) is 0 Å². The predicted molar refractivity (Wildman–Crippen MR) is 101 cm³/mol. The summed E-state index contributed by atoms with van der Waals surface area (Å²) in [5.74, 6) is 1.18. The van der Waals surface area contributed by atoms with Gasteiger partial charge in [-0.15, -0.1) is 0 Å². The number of nitrogens with zero attached hydrogens (tertiary/aromatic N) is 3.